The van der Waals surface area contributed by atoms with E-state index in [9.17, 15) is 17.9 Å². The minimum Gasteiger partial charge on any atom is -0.494 e. The first-order valence-electron chi connectivity index (χ1n) is 11.4. The van der Waals surface area contributed by atoms with Gasteiger partial charge in [0.2, 0.25) is 15.7 Å². The smallest absolute Gasteiger partial charge is 0.214 e. The molecule has 36 heavy (non-hydrogen) atoms. The van der Waals surface area contributed by atoms with Crippen molar-refractivity contribution >= 4 is 21.7 Å². The Morgan fingerprint density at radius 3 is 2.06 bits per heavy atom. The SMILES string of the molecule is COc1cccc(OC)c1N1C(O)=C(S(=O)(=O)c2ccc(C3CC3)cc2)C=NC1c1ccc(F)cc1. The Hall–Kier alpha value is -3.85. The van der Waals surface area contributed by atoms with Crippen LogP contribution in [0.3, 0.4) is 0 Å². The third-order valence-electron chi connectivity index (χ3n) is 6.37. The van der Waals surface area contributed by atoms with Crippen LogP contribution in [0.2, 0.25) is 0 Å². The van der Waals surface area contributed by atoms with E-state index >= 15 is 0 Å². The normalized spacial score (nSPS) is 17.9. The Balaban J connectivity index is 1.67. The van der Waals surface area contributed by atoms with Crippen molar-refractivity contribution in [2.75, 3.05) is 19.1 Å². The van der Waals surface area contributed by atoms with Gasteiger partial charge < -0.3 is 14.6 Å². The van der Waals surface area contributed by atoms with E-state index in [0.717, 1.165) is 24.6 Å². The number of hydrogen-bond donors (Lipinski definition) is 1. The van der Waals surface area contributed by atoms with E-state index in [2.05, 4.69) is 4.99 Å². The molecule has 0 bridgehead atoms. The predicted octanol–water partition coefficient (Wildman–Crippen LogP) is 5.51. The van der Waals surface area contributed by atoms with Gasteiger partial charge in [0.1, 0.15) is 27.9 Å². The van der Waals surface area contributed by atoms with Crippen LogP contribution in [0, 0.1) is 5.82 Å². The van der Waals surface area contributed by atoms with Crippen LogP contribution in [0.15, 0.2) is 87.4 Å². The molecule has 1 heterocycles. The van der Waals surface area contributed by atoms with Gasteiger partial charge in [0.05, 0.1) is 19.1 Å². The lowest BCUT2D eigenvalue weighted by molar-refractivity contribution is 0.355. The average Bonchev–Trinajstić information content (AvgIpc) is 3.74. The number of nitrogens with zero attached hydrogens (tertiary/aromatic N) is 2. The number of aliphatic hydroxyl groups excluding tert-OH is 1. The minimum atomic E-state index is -4.13. The topological polar surface area (TPSA) is 88.4 Å². The highest BCUT2D eigenvalue weighted by molar-refractivity contribution is 7.96. The Kier molecular flexibility index (Phi) is 6.17. The zero-order chi connectivity index (χ0) is 25.4. The third kappa shape index (κ3) is 4.19. The molecule has 1 atom stereocenters. The molecule has 2 aliphatic rings. The Bertz CT molecular complexity index is 1420. The zero-order valence-electron chi connectivity index (χ0n) is 19.8. The first-order valence-corrected chi connectivity index (χ1v) is 12.9. The molecule has 0 radical (unpaired) electrons. The molecule has 0 amide bonds. The number of hydrogen-bond acceptors (Lipinski definition) is 7. The summed E-state index contributed by atoms with van der Waals surface area (Å²) < 4.78 is 51.9. The molecule has 3 aromatic carbocycles. The number of aliphatic hydroxyl groups is 1. The number of methoxy groups -OCH3 is 2. The number of aliphatic imine (C=N–C) groups is 1. The molecular weight excluding hydrogens is 483 g/mol. The fraction of sp³-hybridized carbons (Fsp3) is 0.222. The highest BCUT2D eigenvalue weighted by Gasteiger charge is 2.37. The highest BCUT2D eigenvalue weighted by Crippen LogP contribution is 2.46. The van der Waals surface area contributed by atoms with E-state index in [1.54, 1.807) is 30.3 Å². The molecule has 1 fully saturated rings. The summed E-state index contributed by atoms with van der Waals surface area (Å²) in [5.41, 5.74) is 1.90. The van der Waals surface area contributed by atoms with E-state index in [-0.39, 0.29) is 15.5 Å². The second kappa shape index (κ2) is 9.31. The van der Waals surface area contributed by atoms with Gasteiger partial charge in [0, 0.05) is 6.21 Å². The number of rotatable bonds is 7. The van der Waals surface area contributed by atoms with Crippen molar-refractivity contribution in [3.8, 4) is 11.5 Å². The fourth-order valence-electron chi connectivity index (χ4n) is 4.32. The average molecular weight is 509 g/mol. The third-order valence-corrected chi connectivity index (χ3v) is 8.13. The van der Waals surface area contributed by atoms with Gasteiger partial charge in [0.25, 0.3) is 0 Å². The summed E-state index contributed by atoms with van der Waals surface area (Å²) in [5.74, 6) is 0.160. The number of para-hydroxylation sites is 1. The lowest BCUT2D eigenvalue weighted by Crippen LogP contribution is -2.33. The largest absolute Gasteiger partial charge is 0.494 e. The molecule has 1 aliphatic carbocycles. The maximum atomic E-state index is 13.6. The summed E-state index contributed by atoms with van der Waals surface area (Å²) >= 11 is 0. The molecule has 3 aromatic rings. The molecule has 1 N–H and O–H groups in total. The maximum absolute atomic E-state index is 13.6. The molecule has 7 nitrogen and oxygen atoms in total. The molecule has 1 unspecified atom stereocenters. The van der Waals surface area contributed by atoms with Gasteiger partial charge in [-0.05, 0) is 66.3 Å². The number of sulfone groups is 1. The number of halogens is 1. The van der Waals surface area contributed by atoms with E-state index in [4.69, 9.17) is 9.47 Å². The van der Waals surface area contributed by atoms with Crippen LogP contribution in [-0.4, -0.2) is 34.0 Å². The molecule has 5 rings (SSSR count). The van der Waals surface area contributed by atoms with Crippen LogP contribution in [0.1, 0.15) is 36.1 Å². The lowest BCUT2D eigenvalue weighted by Gasteiger charge is -2.35. The van der Waals surface area contributed by atoms with Crippen molar-refractivity contribution in [2.45, 2.75) is 29.8 Å². The van der Waals surface area contributed by atoms with E-state index in [1.807, 2.05) is 12.1 Å². The maximum Gasteiger partial charge on any atom is 0.214 e. The predicted molar refractivity (Wildman–Crippen MR) is 135 cm³/mol. The molecule has 1 saturated carbocycles. The molecule has 9 heteroatoms. The zero-order valence-corrected chi connectivity index (χ0v) is 20.6. The summed E-state index contributed by atoms with van der Waals surface area (Å²) in [6.07, 6.45) is 2.44. The highest BCUT2D eigenvalue weighted by atomic mass is 32.2. The molecular formula is C27H25FN2O5S. The van der Waals surface area contributed by atoms with Crippen molar-refractivity contribution in [1.29, 1.82) is 0 Å². The van der Waals surface area contributed by atoms with Crippen LogP contribution in [0.4, 0.5) is 10.1 Å². The van der Waals surface area contributed by atoms with Gasteiger partial charge in [-0.1, -0.05) is 30.3 Å². The van der Waals surface area contributed by atoms with Gasteiger partial charge in [-0.3, -0.25) is 9.89 Å². The van der Waals surface area contributed by atoms with Gasteiger partial charge in [-0.15, -0.1) is 0 Å². The van der Waals surface area contributed by atoms with Crippen molar-refractivity contribution in [2.24, 2.45) is 4.99 Å². The van der Waals surface area contributed by atoms with Crippen LogP contribution in [-0.2, 0) is 9.84 Å². The van der Waals surface area contributed by atoms with Gasteiger partial charge in [0.15, 0.2) is 6.17 Å². The summed E-state index contributed by atoms with van der Waals surface area (Å²) in [4.78, 5) is 5.50. The van der Waals surface area contributed by atoms with Crippen LogP contribution >= 0.6 is 0 Å². The van der Waals surface area contributed by atoms with Gasteiger partial charge >= 0.3 is 0 Å². The molecule has 1 aliphatic heterocycles. The lowest BCUT2D eigenvalue weighted by atomic mass is 10.1. The second-order valence-corrected chi connectivity index (χ2v) is 10.5. The Labute approximate surface area is 209 Å². The molecule has 0 spiro atoms. The summed E-state index contributed by atoms with van der Waals surface area (Å²) in [7, 11) is -1.22. The molecule has 0 aromatic heterocycles. The number of anilines is 1. The van der Waals surface area contributed by atoms with Crippen LogP contribution in [0.25, 0.3) is 0 Å². The van der Waals surface area contributed by atoms with Crippen molar-refractivity contribution in [1.82, 2.24) is 0 Å². The van der Waals surface area contributed by atoms with Gasteiger partial charge in [-0.2, -0.15) is 0 Å². The first kappa shape index (κ1) is 23.9. The minimum absolute atomic E-state index is 0.0482. The number of benzene rings is 3. The van der Waals surface area contributed by atoms with E-state index in [0.29, 0.717) is 23.0 Å². The summed E-state index contributed by atoms with van der Waals surface area (Å²) in [5, 5.41) is 11.5. The summed E-state index contributed by atoms with van der Waals surface area (Å²) in [6.45, 7) is 0. The monoisotopic (exact) mass is 508 g/mol. The van der Waals surface area contributed by atoms with E-state index < -0.39 is 27.7 Å². The van der Waals surface area contributed by atoms with Gasteiger partial charge in [-0.25, -0.2) is 12.8 Å². The quantitative estimate of drug-likeness (QED) is 0.453. The van der Waals surface area contributed by atoms with E-state index in [1.165, 1.54) is 43.4 Å². The molecule has 186 valence electrons. The molecule has 0 saturated heterocycles. The number of ether oxygens (including phenoxy) is 2. The fourth-order valence-corrected chi connectivity index (χ4v) is 5.60. The van der Waals surface area contributed by atoms with Crippen molar-refractivity contribution in [3.05, 3.63) is 94.5 Å². The van der Waals surface area contributed by atoms with Crippen LogP contribution < -0.4 is 14.4 Å². The second-order valence-electron chi connectivity index (χ2n) is 8.62. The van der Waals surface area contributed by atoms with Crippen molar-refractivity contribution in [3.63, 3.8) is 0 Å². The Morgan fingerprint density at radius 1 is 0.917 bits per heavy atom. The Morgan fingerprint density at radius 2 is 1.50 bits per heavy atom. The standard InChI is InChI=1S/C27H25FN2O5S/c1-34-22-4-3-5-23(35-2)25(22)30-26(19-8-12-20(28)13-9-19)29-16-24(27(30)31)36(32,33)21-14-10-18(11-15-21)17-6-7-17/h3-5,8-17,26,31H,6-7H2,1-2H3. The first-order chi connectivity index (χ1) is 17.3. The van der Waals surface area contributed by atoms with Crippen LogP contribution in [0.5, 0.6) is 11.5 Å². The summed E-state index contributed by atoms with van der Waals surface area (Å²) in [6, 6.07) is 17.4. The van der Waals surface area contributed by atoms with Crippen molar-refractivity contribution < 1.29 is 27.4 Å². The number of allylic oxidation sites excluding steroid dienone is 1.